The number of aryl methyl sites for hydroxylation is 2. The summed E-state index contributed by atoms with van der Waals surface area (Å²) in [5.74, 6) is 0.471. The molecule has 0 saturated heterocycles. The van der Waals surface area contributed by atoms with Crippen molar-refractivity contribution in [3.8, 4) is 0 Å². The maximum Gasteiger partial charge on any atom is 0.188 e. The fraction of sp³-hybridized carbons (Fsp3) is 0.667. The van der Waals surface area contributed by atoms with Crippen LogP contribution in [0, 0.1) is 13.8 Å². The van der Waals surface area contributed by atoms with E-state index < -0.39 is 0 Å². The predicted octanol–water partition coefficient (Wildman–Crippen LogP) is 1.86. The van der Waals surface area contributed by atoms with E-state index in [0.717, 1.165) is 17.1 Å². The second-order valence-corrected chi connectivity index (χ2v) is 5.55. The zero-order valence-electron chi connectivity index (χ0n) is 11.9. The van der Waals surface area contributed by atoms with E-state index in [2.05, 4.69) is 15.3 Å². The first-order chi connectivity index (χ1) is 8.52. The highest BCUT2D eigenvalue weighted by Gasteiger charge is 2.04. The van der Waals surface area contributed by atoms with Crippen molar-refractivity contribution in [2.75, 3.05) is 20.3 Å². The molecule has 1 atom stereocenters. The standard InChI is InChI=1S/C12H22N4OS.HI/c1-8(7-17-4)15-12(13)14-6-5-11-9(2)16-10(3)18-11;/h8H,5-7H2,1-4H3,(H3,13,14,15);1H. The van der Waals surface area contributed by atoms with Gasteiger partial charge >= 0.3 is 0 Å². The van der Waals surface area contributed by atoms with Gasteiger partial charge in [0.1, 0.15) is 0 Å². The highest BCUT2D eigenvalue weighted by atomic mass is 127. The number of ether oxygens (including phenoxy) is 1. The first kappa shape index (κ1) is 18.6. The van der Waals surface area contributed by atoms with Gasteiger partial charge in [0.2, 0.25) is 0 Å². The normalized spacial score (nSPS) is 12.9. The molecule has 1 aromatic heterocycles. The van der Waals surface area contributed by atoms with Crippen LogP contribution in [-0.4, -0.2) is 37.2 Å². The van der Waals surface area contributed by atoms with Crippen molar-refractivity contribution in [2.45, 2.75) is 33.2 Å². The first-order valence-electron chi connectivity index (χ1n) is 6.01. The molecule has 0 amide bonds. The van der Waals surface area contributed by atoms with Gasteiger partial charge in [-0.3, -0.25) is 4.99 Å². The van der Waals surface area contributed by atoms with Crippen LogP contribution in [-0.2, 0) is 11.2 Å². The lowest BCUT2D eigenvalue weighted by atomic mass is 10.3. The zero-order valence-corrected chi connectivity index (χ0v) is 15.0. The number of nitrogens with one attached hydrogen (secondary N) is 1. The monoisotopic (exact) mass is 398 g/mol. The Morgan fingerprint density at radius 2 is 2.21 bits per heavy atom. The van der Waals surface area contributed by atoms with Gasteiger partial charge in [0, 0.05) is 31.0 Å². The van der Waals surface area contributed by atoms with Gasteiger partial charge in [-0.25, -0.2) is 4.98 Å². The molecule has 0 radical (unpaired) electrons. The van der Waals surface area contributed by atoms with Gasteiger partial charge in [-0.15, -0.1) is 35.3 Å². The molecule has 0 aliphatic carbocycles. The molecule has 0 saturated carbocycles. The average Bonchev–Trinajstić information content (AvgIpc) is 2.57. The van der Waals surface area contributed by atoms with Gasteiger partial charge in [0.25, 0.3) is 0 Å². The molecule has 0 aliphatic rings. The third-order valence-electron chi connectivity index (χ3n) is 2.43. The number of thiazole rings is 1. The Morgan fingerprint density at radius 3 is 2.74 bits per heavy atom. The summed E-state index contributed by atoms with van der Waals surface area (Å²) in [6.45, 7) is 7.35. The van der Waals surface area contributed by atoms with E-state index >= 15 is 0 Å². The van der Waals surface area contributed by atoms with Gasteiger partial charge in [0.05, 0.1) is 17.3 Å². The Balaban J connectivity index is 0.00000324. The lowest BCUT2D eigenvalue weighted by Crippen LogP contribution is -2.40. The van der Waals surface area contributed by atoms with E-state index in [1.165, 1.54) is 4.88 Å². The Labute approximate surface area is 136 Å². The summed E-state index contributed by atoms with van der Waals surface area (Å²) in [4.78, 5) is 9.97. The van der Waals surface area contributed by atoms with E-state index in [0.29, 0.717) is 19.1 Å². The predicted molar refractivity (Wildman–Crippen MR) is 91.7 cm³/mol. The maximum absolute atomic E-state index is 5.78. The molecule has 1 heterocycles. The topological polar surface area (TPSA) is 72.5 Å². The van der Waals surface area contributed by atoms with Crippen molar-refractivity contribution in [3.63, 3.8) is 0 Å². The van der Waals surface area contributed by atoms with Crippen molar-refractivity contribution in [1.82, 2.24) is 10.3 Å². The van der Waals surface area contributed by atoms with Crippen LogP contribution in [0.3, 0.4) is 0 Å². The molecular formula is C12H23IN4OS. The molecule has 110 valence electrons. The van der Waals surface area contributed by atoms with Crippen LogP contribution in [0.25, 0.3) is 0 Å². The molecular weight excluding hydrogens is 375 g/mol. The molecule has 0 spiro atoms. The summed E-state index contributed by atoms with van der Waals surface area (Å²) >= 11 is 1.73. The van der Waals surface area contributed by atoms with E-state index in [1.807, 2.05) is 20.8 Å². The molecule has 1 unspecified atom stereocenters. The van der Waals surface area contributed by atoms with Crippen LogP contribution < -0.4 is 11.1 Å². The molecule has 1 rings (SSSR count). The van der Waals surface area contributed by atoms with Gasteiger partial charge in [-0.1, -0.05) is 0 Å². The van der Waals surface area contributed by atoms with Crippen LogP contribution in [0.5, 0.6) is 0 Å². The van der Waals surface area contributed by atoms with Gasteiger partial charge in [-0.2, -0.15) is 0 Å². The third-order valence-corrected chi connectivity index (χ3v) is 3.56. The Bertz CT molecular complexity index is 408. The zero-order chi connectivity index (χ0) is 13.5. The Morgan fingerprint density at radius 1 is 1.53 bits per heavy atom. The van der Waals surface area contributed by atoms with Crippen molar-refractivity contribution >= 4 is 41.3 Å². The fourth-order valence-corrected chi connectivity index (χ4v) is 2.60. The van der Waals surface area contributed by atoms with Gasteiger partial charge in [-0.05, 0) is 20.8 Å². The Kier molecular flexibility index (Phi) is 9.28. The summed E-state index contributed by atoms with van der Waals surface area (Å²) in [5, 5.41) is 4.18. The van der Waals surface area contributed by atoms with E-state index in [4.69, 9.17) is 10.5 Å². The minimum atomic E-state index is 0. The van der Waals surface area contributed by atoms with Crippen LogP contribution in [0.1, 0.15) is 22.5 Å². The van der Waals surface area contributed by atoms with Crippen molar-refractivity contribution in [3.05, 3.63) is 15.6 Å². The van der Waals surface area contributed by atoms with E-state index in [-0.39, 0.29) is 30.0 Å². The number of nitrogens with zero attached hydrogens (tertiary/aromatic N) is 2. The van der Waals surface area contributed by atoms with Gasteiger partial charge < -0.3 is 15.8 Å². The third kappa shape index (κ3) is 7.07. The molecule has 0 bridgehead atoms. The van der Waals surface area contributed by atoms with Crippen molar-refractivity contribution < 1.29 is 4.74 Å². The average molecular weight is 398 g/mol. The number of rotatable bonds is 6. The Hall–Kier alpha value is -0.410. The number of methoxy groups -OCH3 is 1. The van der Waals surface area contributed by atoms with Crippen LogP contribution in [0.4, 0.5) is 0 Å². The van der Waals surface area contributed by atoms with Crippen LogP contribution in [0.2, 0.25) is 0 Å². The number of guanidine groups is 1. The lowest BCUT2D eigenvalue weighted by molar-refractivity contribution is 0.179. The largest absolute Gasteiger partial charge is 0.383 e. The number of hydrogen-bond acceptors (Lipinski definition) is 4. The number of halogens is 1. The maximum atomic E-state index is 5.78. The summed E-state index contributed by atoms with van der Waals surface area (Å²) in [5.41, 5.74) is 6.89. The van der Waals surface area contributed by atoms with E-state index in [9.17, 15) is 0 Å². The molecule has 0 aliphatic heterocycles. The molecule has 7 heteroatoms. The molecule has 0 fully saturated rings. The van der Waals surface area contributed by atoms with Gasteiger partial charge in [0.15, 0.2) is 5.96 Å². The molecule has 19 heavy (non-hydrogen) atoms. The molecule has 3 N–H and O–H groups in total. The van der Waals surface area contributed by atoms with Crippen molar-refractivity contribution in [2.24, 2.45) is 10.7 Å². The first-order valence-corrected chi connectivity index (χ1v) is 6.83. The quantitative estimate of drug-likeness (QED) is 0.436. The van der Waals surface area contributed by atoms with Crippen LogP contribution in [0.15, 0.2) is 4.99 Å². The smallest absolute Gasteiger partial charge is 0.188 e. The lowest BCUT2D eigenvalue weighted by Gasteiger charge is -2.12. The second-order valence-electron chi connectivity index (χ2n) is 4.26. The fourth-order valence-electron chi connectivity index (χ4n) is 1.67. The van der Waals surface area contributed by atoms with E-state index in [1.54, 1.807) is 18.4 Å². The summed E-state index contributed by atoms with van der Waals surface area (Å²) in [6.07, 6.45) is 0.887. The second kappa shape index (κ2) is 9.49. The SMILES string of the molecule is COCC(C)NC(N)=NCCc1sc(C)nc1C.I. The van der Waals surface area contributed by atoms with Crippen LogP contribution >= 0.6 is 35.3 Å². The van der Waals surface area contributed by atoms with Crippen molar-refractivity contribution in [1.29, 1.82) is 0 Å². The highest BCUT2D eigenvalue weighted by molar-refractivity contribution is 14.0. The summed E-state index contributed by atoms with van der Waals surface area (Å²) < 4.78 is 5.02. The number of hydrogen-bond donors (Lipinski definition) is 2. The summed E-state index contributed by atoms with van der Waals surface area (Å²) in [7, 11) is 1.67. The minimum absolute atomic E-state index is 0. The molecule has 0 aromatic carbocycles. The molecule has 1 aromatic rings. The number of nitrogens with two attached hydrogens (primary N) is 1. The number of aromatic nitrogens is 1. The highest BCUT2D eigenvalue weighted by Crippen LogP contribution is 2.17. The summed E-state index contributed by atoms with van der Waals surface area (Å²) in [6, 6.07) is 0.172. The number of aliphatic imine (C=N–C) groups is 1. The molecule has 5 nitrogen and oxygen atoms in total. The minimum Gasteiger partial charge on any atom is -0.383 e.